The summed E-state index contributed by atoms with van der Waals surface area (Å²) in [6, 6.07) is 5.42. The van der Waals surface area contributed by atoms with Gasteiger partial charge < -0.3 is 24.5 Å². The van der Waals surface area contributed by atoms with Gasteiger partial charge in [0, 0.05) is 11.6 Å². The van der Waals surface area contributed by atoms with E-state index in [4.69, 9.17) is 9.15 Å². The van der Waals surface area contributed by atoms with Crippen LogP contribution in [0.3, 0.4) is 0 Å². The fourth-order valence-electron chi connectivity index (χ4n) is 3.12. The van der Waals surface area contributed by atoms with Gasteiger partial charge in [-0.1, -0.05) is 23.3 Å². The lowest BCUT2D eigenvalue weighted by Gasteiger charge is -2.13. The molecule has 0 spiro atoms. The monoisotopic (exact) mass is 422 g/mol. The maximum absolute atomic E-state index is 13.2. The van der Waals surface area contributed by atoms with Gasteiger partial charge >= 0.3 is 0 Å². The fourth-order valence-corrected chi connectivity index (χ4v) is 3.12. The van der Waals surface area contributed by atoms with Crippen molar-refractivity contribution in [1.29, 1.82) is 0 Å². The smallest absolute Gasteiger partial charge is 0.235 e. The van der Waals surface area contributed by atoms with Gasteiger partial charge in [0.15, 0.2) is 11.5 Å². The van der Waals surface area contributed by atoms with Crippen molar-refractivity contribution in [1.82, 2.24) is 0 Å². The van der Waals surface area contributed by atoms with E-state index >= 15 is 0 Å². The van der Waals surface area contributed by atoms with E-state index in [2.05, 4.69) is 0 Å². The molecule has 1 aromatic heterocycles. The molecule has 0 aliphatic heterocycles. The lowest BCUT2D eigenvalue weighted by Crippen LogP contribution is -2.07. The van der Waals surface area contributed by atoms with E-state index in [-0.39, 0.29) is 34.1 Å². The number of hydrogen-bond donors (Lipinski definition) is 3. The molecule has 31 heavy (non-hydrogen) atoms. The summed E-state index contributed by atoms with van der Waals surface area (Å²) in [5.74, 6) is -0.425. The summed E-state index contributed by atoms with van der Waals surface area (Å²) in [4.78, 5) is 13.2. The maximum atomic E-state index is 13.2. The van der Waals surface area contributed by atoms with Crippen molar-refractivity contribution in [3.8, 4) is 28.7 Å². The first-order valence-corrected chi connectivity index (χ1v) is 9.93. The summed E-state index contributed by atoms with van der Waals surface area (Å²) in [7, 11) is 0. The number of rotatable bonds is 6. The molecule has 0 saturated heterocycles. The molecule has 6 heteroatoms. The number of hydrogen-bond acceptors (Lipinski definition) is 6. The second-order valence-electron chi connectivity index (χ2n) is 7.89. The highest BCUT2D eigenvalue weighted by Gasteiger charge is 2.19. The van der Waals surface area contributed by atoms with Crippen LogP contribution in [0.1, 0.15) is 38.8 Å². The minimum Gasteiger partial charge on any atom is -0.508 e. The first-order chi connectivity index (χ1) is 14.7. The molecule has 6 nitrogen and oxygen atoms in total. The molecule has 1 heterocycles. The molecule has 0 atom stereocenters. The molecule has 0 saturated carbocycles. The molecule has 0 amide bonds. The van der Waals surface area contributed by atoms with Crippen LogP contribution < -0.4 is 10.2 Å². The summed E-state index contributed by atoms with van der Waals surface area (Å²) in [6.07, 6.45) is 5.97. The maximum Gasteiger partial charge on any atom is 0.235 e. The highest BCUT2D eigenvalue weighted by molar-refractivity contribution is 5.84. The number of ether oxygens (including phenoxy) is 1. The molecule has 3 aromatic rings. The topological polar surface area (TPSA) is 100 Å². The van der Waals surface area contributed by atoms with Gasteiger partial charge in [-0.3, -0.25) is 4.79 Å². The third-order valence-corrected chi connectivity index (χ3v) is 4.79. The van der Waals surface area contributed by atoms with Crippen LogP contribution in [0.4, 0.5) is 0 Å². The van der Waals surface area contributed by atoms with Crippen LogP contribution >= 0.6 is 0 Å². The Labute approximate surface area is 180 Å². The van der Waals surface area contributed by atoms with Crippen LogP contribution in [-0.4, -0.2) is 15.3 Å². The summed E-state index contributed by atoms with van der Waals surface area (Å²) >= 11 is 0. The zero-order chi connectivity index (χ0) is 22.7. The van der Waals surface area contributed by atoms with E-state index in [1.807, 2.05) is 39.8 Å². The second kappa shape index (κ2) is 9.00. The van der Waals surface area contributed by atoms with Gasteiger partial charge in [-0.15, -0.1) is 0 Å². The summed E-state index contributed by atoms with van der Waals surface area (Å²) in [5, 5.41) is 30.5. The average molecular weight is 422 g/mol. The van der Waals surface area contributed by atoms with Crippen LogP contribution in [-0.2, 0) is 12.8 Å². The Hall–Kier alpha value is -3.67. The Morgan fingerprint density at radius 3 is 2.29 bits per heavy atom. The van der Waals surface area contributed by atoms with Gasteiger partial charge in [-0.05, 0) is 64.3 Å². The number of benzene rings is 2. The molecular formula is C25H26O6. The molecule has 2 aromatic carbocycles. The van der Waals surface area contributed by atoms with Gasteiger partial charge in [0.25, 0.3) is 0 Å². The molecule has 0 aliphatic rings. The van der Waals surface area contributed by atoms with E-state index < -0.39 is 5.43 Å². The average Bonchev–Trinajstić information content (AvgIpc) is 2.69. The fraction of sp³-hybridized carbons (Fsp3) is 0.240. The van der Waals surface area contributed by atoms with Crippen LogP contribution in [0.25, 0.3) is 11.0 Å². The van der Waals surface area contributed by atoms with Crippen LogP contribution in [0, 0.1) is 0 Å². The Morgan fingerprint density at radius 2 is 1.65 bits per heavy atom. The predicted octanol–water partition coefficient (Wildman–Crippen LogP) is 5.72. The van der Waals surface area contributed by atoms with Crippen molar-refractivity contribution in [2.45, 2.75) is 40.5 Å². The number of fused-ring (bicyclic) bond motifs is 1. The zero-order valence-electron chi connectivity index (χ0n) is 18.0. The molecule has 0 fully saturated rings. The van der Waals surface area contributed by atoms with E-state index in [0.717, 1.165) is 23.5 Å². The third kappa shape index (κ3) is 4.91. The largest absolute Gasteiger partial charge is 0.508 e. The molecule has 3 rings (SSSR count). The first-order valence-electron chi connectivity index (χ1n) is 9.93. The van der Waals surface area contributed by atoms with E-state index in [1.165, 1.54) is 12.1 Å². The van der Waals surface area contributed by atoms with Gasteiger partial charge in [-0.2, -0.15) is 0 Å². The normalized spacial score (nSPS) is 10.7. The van der Waals surface area contributed by atoms with Gasteiger partial charge in [0.05, 0.1) is 5.39 Å². The zero-order valence-corrected chi connectivity index (χ0v) is 18.0. The molecule has 0 aliphatic carbocycles. The predicted molar refractivity (Wildman–Crippen MR) is 120 cm³/mol. The van der Waals surface area contributed by atoms with E-state index in [1.54, 1.807) is 6.07 Å². The standard InChI is InChI=1S/C25H26O6/c1-14(2)5-7-16-11-19-24(29)22(31-21-10-8-17(26)12-20(21)27)13-30-25(19)18(23(16)28)9-6-15(3)4/h5-6,8,10-13,26-28H,7,9H2,1-4H3. The van der Waals surface area contributed by atoms with E-state index in [0.29, 0.717) is 29.6 Å². The summed E-state index contributed by atoms with van der Waals surface area (Å²) in [5.41, 5.74) is 3.19. The second-order valence-corrected chi connectivity index (χ2v) is 7.89. The molecule has 0 radical (unpaired) electrons. The Balaban J connectivity index is 2.18. The number of aromatic hydroxyl groups is 3. The SMILES string of the molecule is CC(C)=CCc1cc2c(=O)c(Oc3ccc(O)cc3O)coc2c(CC=C(C)C)c1O. The molecule has 162 valence electrons. The minimum absolute atomic E-state index is 0.0118. The van der Waals surface area contributed by atoms with Crippen LogP contribution in [0.15, 0.2) is 63.0 Å². The highest BCUT2D eigenvalue weighted by atomic mass is 16.5. The molecule has 0 bridgehead atoms. The summed E-state index contributed by atoms with van der Waals surface area (Å²) < 4.78 is 11.3. The number of allylic oxidation sites excluding steroid dienone is 4. The third-order valence-electron chi connectivity index (χ3n) is 4.79. The number of phenols is 3. The van der Waals surface area contributed by atoms with Gasteiger partial charge in [0.2, 0.25) is 11.2 Å². The quantitative estimate of drug-likeness (QED) is 0.439. The molecule has 0 unspecified atom stereocenters. The Bertz CT molecular complexity index is 1240. The lowest BCUT2D eigenvalue weighted by atomic mass is 9.98. The highest BCUT2D eigenvalue weighted by Crippen LogP contribution is 2.35. The van der Waals surface area contributed by atoms with Gasteiger partial charge in [0.1, 0.15) is 23.3 Å². The Morgan fingerprint density at radius 1 is 0.968 bits per heavy atom. The lowest BCUT2D eigenvalue weighted by molar-refractivity contribution is 0.394. The minimum atomic E-state index is -0.425. The van der Waals surface area contributed by atoms with E-state index in [9.17, 15) is 20.1 Å². The van der Waals surface area contributed by atoms with Crippen LogP contribution in [0.2, 0.25) is 0 Å². The van der Waals surface area contributed by atoms with Crippen LogP contribution in [0.5, 0.6) is 28.7 Å². The van der Waals surface area contributed by atoms with Crippen molar-refractivity contribution in [3.05, 3.63) is 75.2 Å². The van der Waals surface area contributed by atoms with Crippen molar-refractivity contribution >= 4 is 11.0 Å². The number of phenolic OH excluding ortho intramolecular Hbond substituents is 3. The van der Waals surface area contributed by atoms with Crippen molar-refractivity contribution < 1.29 is 24.5 Å². The molecule has 3 N–H and O–H groups in total. The van der Waals surface area contributed by atoms with Crippen molar-refractivity contribution in [3.63, 3.8) is 0 Å². The van der Waals surface area contributed by atoms with Crippen molar-refractivity contribution in [2.75, 3.05) is 0 Å². The first kappa shape index (κ1) is 22.0. The Kier molecular flexibility index (Phi) is 6.39. The van der Waals surface area contributed by atoms with Gasteiger partial charge in [-0.25, -0.2) is 0 Å². The summed E-state index contributed by atoms with van der Waals surface area (Å²) in [6.45, 7) is 7.84. The van der Waals surface area contributed by atoms with Crippen molar-refractivity contribution in [2.24, 2.45) is 0 Å². The molecular weight excluding hydrogens is 396 g/mol.